The summed E-state index contributed by atoms with van der Waals surface area (Å²) in [5, 5.41) is 6.83. The first kappa shape index (κ1) is 21.2. The third-order valence-electron chi connectivity index (χ3n) is 5.27. The summed E-state index contributed by atoms with van der Waals surface area (Å²) in [6, 6.07) is 14.0. The molecular weight excluding hydrogens is 416 g/mol. The molecule has 0 aliphatic carbocycles. The molecule has 0 saturated carbocycles. The zero-order chi connectivity index (χ0) is 21.8. The molecule has 0 spiro atoms. The van der Waals surface area contributed by atoms with Crippen LogP contribution in [0.1, 0.15) is 30.7 Å². The van der Waals surface area contributed by atoms with Gasteiger partial charge in [-0.05, 0) is 55.7 Å². The second kappa shape index (κ2) is 8.99. The molecule has 31 heavy (non-hydrogen) atoms. The Morgan fingerprint density at radius 2 is 1.81 bits per heavy atom. The van der Waals surface area contributed by atoms with Gasteiger partial charge in [-0.1, -0.05) is 23.4 Å². The lowest BCUT2D eigenvalue weighted by Gasteiger charge is -2.15. The maximum atomic E-state index is 12.6. The van der Waals surface area contributed by atoms with E-state index < -0.39 is 10.0 Å². The Hall–Kier alpha value is -3.04. The molecule has 9 heteroatoms. The van der Waals surface area contributed by atoms with E-state index in [2.05, 4.69) is 15.5 Å². The van der Waals surface area contributed by atoms with Gasteiger partial charge in [0.15, 0.2) is 0 Å². The number of carbonyl (C=O) groups is 1. The fraction of sp³-hybridized carbons (Fsp3) is 0.318. The minimum Gasteiger partial charge on any atom is -0.339 e. The molecule has 2 aromatic carbocycles. The maximum absolute atomic E-state index is 12.6. The molecule has 8 nitrogen and oxygen atoms in total. The molecule has 1 aromatic heterocycles. The lowest BCUT2D eigenvalue weighted by atomic mass is 10.2. The third kappa shape index (κ3) is 4.83. The van der Waals surface area contributed by atoms with Gasteiger partial charge in [-0.15, -0.1) is 0 Å². The predicted molar refractivity (Wildman–Crippen MR) is 116 cm³/mol. The van der Waals surface area contributed by atoms with Crippen molar-refractivity contribution in [2.24, 2.45) is 0 Å². The summed E-state index contributed by atoms with van der Waals surface area (Å²) in [7, 11) is -3.45. The van der Waals surface area contributed by atoms with E-state index in [9.17, 15) is 13.2 Å². The number of anilines is 1. The molecule has 162 valence electrons. The molecule has 1 aliphatic rings. The van der Waals surface area contributed by atoms with Crippen molar-refractivity contribution < 1.29 is 17.7 Å². The summed E-state index contributed by atoms with van der Waals surface area (Å²) in [6.07, 6.45) is 2.31. The van der Waals surface area contributed by atoms with E-state index >= 15 is 0 Å². The molecular formula is C22H24N4O4S. The monoisotopic (exact) mass is 440 g/mol. The van der Waals surface area contributed by atoms with Gasteiger partial charge in [-0.3, -0.25) is 4.79 Å². The van der Waals surface area contributed by atoms with Crippen LogP contribution in [0.25, 0.3) is 11.4 Å². The molecule has 1 N–H and O–H groups in total. The fourth-order valence-electron chi connectivity index (χ4n) is 3.47. The predicted octanol–water partition coefficient (Wildman–Crippen LogP) is 3.40. The standard InChI is InChI=1S/C22H24N4O4S/c1-16-6-2-3-7-19(16)23-20(27)12-13-21-24-22(25-30-21)17-8-10-18(11-9-17)31(28,29)26-14-4-5-15-26/h2-3,6-11H,4-5,12-15H2,1H3,(H,23,27). The lowest BCUT2D eigenvalue weighted by molar-refractivity contribution is -0.116. The molecule has 3 aromatic rings. The molecule has 0 radical (unpaired) electrons. The smallest absolute Gasteiger partial charge is 0.243 e. The van der Waals surface area contributed by atoms with E-state index in [1.807, 2.05) is 31.2 Å². The number of hydrogen-bond acceptors (Lipinski definition) is 6. The highest BCUT2D eigenvalue weighted by molar-refractivity contribution is 7.89. The van der Waals surface area contributed by atoms with Crippen molar-refractivity contribution in [2.75, 3.05) is 18.4 Å². The van der Waals surface area contributed by atoms with E-state index in [0.29, 0.717) is 36.8 Å². The molecule has 1 amide bonds. The fourth-order valence-corrected chi connectivity index (χ4v) is 4.99. The van der Waals surface area contributed by atoms with Crippen molar-refractivity contribution in [3.05, 3.63) is 60.0 Å². The second-order valence-electron chi connectivity index (χ2n) is 7.51. The first-order valence-electron chi connectivity index (χ1n) is 10.2. The van der Waals surface area contributed by atoms with Crippen molar-refractivity contribution in [1.82, 2.24) is 14.4 Å². The highest BCUT2D eigenvalue weighted by Crippen LogP contribution is 2.24. The third-order valence-corrected chi connectivity index (χ3v) is 7.18. The number of aromatic nitrogens is 2. The Morgan fingerprint density at radius 3 is 2.52 bits per heavy atom. The van der Waals surface area contributed by atoms with Crippen LogP contribution in [-0.2, 0) is 21.2 Å². The first-order valence-corrected chi connectivity index (χ1v) is 11.7. The van der Waals surface area contributed by atoms with Crippen molar-refractivity contribution in [1.29, 1.82) is 0 Å². The van der Waals surface area contributed by atoms with Crippen LogP contribution >= 0.6 is 0 Å². The molecule has 0 bridgehead atoms. The minimum atomic E-state index is -3.45. The van der Waals surface area contributed by atoms with Crippen LogP contribution in [0.15, 0.2) is 57.9 Å². The summed E-state index contributed by atoms with van der Waals surface area (Å²) in [5.74, 6) is 0.577. The zero-order valence-electron chi connectivity index (χ0n) is 17.2. The number of carbonyl (C=O) groups excluding carboxylic acids is 1. The molecule has 1 saturated heterocycles. The molecule has 4 rings (SSSR count). The Bertz CT molecular complexity index is 1170. The van der Waals surface area contributed by atoms with Gasteiger partial charge in [0.2, 0.25) is 27.6 Å². The van der Waals surface area contributed by atoms with Crippen LogP contribution in [0.5, 0.6) is 0 Å². The van der Waals surface area contributed by atoms with Gasteiger partial charge in [0.05, 0.1) is 4.90 Å². The summed E-state index contributed by atoms with van der Waals surface area (Å²) in [5.41, 5.74) is 2.42. The normalized spacial score (nSPS) is 14.6. The lowest BCUT2D eigenvalue weighted by Crippen LogP contribution is -2.27. The summed E-state index contributed by atoms with van der Waals surface area (Å²) in [4.78, 5) is 16.8. The van der Waals surface area contributed by atoms with Gasteiger partial charge in [0, 0.05) is 37.2 Å². The molecule has 0 atom stereocenters. The quantitative estimate of drug-likeness (QED) is 0.604. The number of aryl methyl sites for hydroxylation is 2. The largest absolute Gasteiger partial charge is 0.339 e. The van der Waals surface area contributed by atoms with E-state index in [-0.39, 0.29) is 17.2 Å². The van der Waals surface area contributed by atoms with Crippen molar-refractivity contribution in [3.8, 4) is 11.4 Å². The van der Waals surface area contributed by atoms with Crippen LogP contribution in [0.2, 0.25) is 0 Å². The number of para-hydroxylation sites is 1. The highest BCUT2D eigenvalue weighted by Gasteiger charge is 2.27. The summed E-state index contributed by atoms with van der Waals surface area (Å²) >= 11 is 0. The van der Waals surface area contributed by atoms with E-state index in [4.69, 9.17) is 4.52 Å². The Balaban J connectivity index is 1.37. The number of rotatable bonds is 7. The highest BCUT2D eigenvalue weighted by atomic mass is 32.2. The molecule has 2 heterocycles. The minimum absolute atomic E-state index is 0.134. The van der Waals surface area contributed by atoms with Crippen LogP contribution in [0.3, 0.4) is 0 Å². The van der Waals surface area contributed by atoms with Gasteiger partial charge in [0.1, 0.15) is 0 Å². The Morgan fingerprint density at radius 1 is 1.10 bits per heavy atom. The number of amides is 1. The van der Waals surface area contributed by atoms with Crippen molar-refractivity contribution >= 4 is 21.6 Å². The maximum Gasteiger partial charge on any atom is 0.243 e. The molecule has 0 unspecified atom stereocenters. The van der Waals surface area contributed by atoms with E-state index in [1.165, 1.54) is 4.31 Å². The van der Waals surface area contributed by atoms with Gasteiger partial charge >= 0.3 is 0 Å². The molecule has 1 aliphatic heterocycles. The van der Waals surface area contributed by atoms with E-state index in [0.717, 1.165) is 24.1 Å². The van der Waals surface area contributed by atoms with Gasteiger partial charge < -0.3 is 9.84 Å². The SMILES string of the molecule is Cc1ccccc1NC(=O)CCc1nc(-c2ccc(S(=O)(=O)N3CCCC3)cc2)no1. The second-order valence-corrected chi connectivity index (χ2v) is 9.45. The van der Waals surface area contributed by atoms with Crippen LogP contribution < -0.4 is 5.32 Å². The number of benzene rings is 2. The summed E-state index contributed by atoms with van der Waals surface area (Å²) in [6.45, 7) is 3.06. The summed E-state index contributed by atoms with van der Waals surface area (Å²) < 4.78 is 32.0. The average molecular weight is 441 g/mol. The van der Waals surface area contributed by atoms with Crippen molar-refractivity contribution in [3.63, 3.8) is 0 Å². The number of hydrogen-bond donors (Lipinski definition) is 1. The van der Waals surface area contributed by atoms with E-state index in [1.54, 1.807) is 24.3 Å². The van der Waals surface area contributed by atoms with Crippen LogP contribution in [0.4, 0.5) is 5.69 Å². The van der Waals surface area contributed by atoms with Gasteiger partial charge in [-0.25, -0.2) is 8.42 Å². The topological polar surface area (TPSA) is 105 Å². The Kier molecular flexibility index (Phi) is 6.15. The number of nitrogens with zero attached hydrogens (tertiary/aromatic N) is 3. The zero-order valence-corrected chi connectivity index (χ0v) is 18.1. The number of sulfonamides is 1. The van der Waals surface area contributed by atoms with Gasteiger partial charge in [-0.2, -0.15) is 9.29 Å². The number of nitrogens with one attached hydrogen (secondary N) is 1. The van der Waals surface area contributed by atoms with Gasteiger partial charge in [0.25, 0.3) is 0 Å². The van der Waals surface area contributed by atoms with Crippen LogP contribution in [-0.4, -0.2) is 41.9 Å². The molecule has 1 fully saturated rings. The average Bonchev–Trinajstić information content (AvgIpc) is 3.47. The van der Waals surface area contributed by atoms with Crippen LogP contribution in [0, 0.1) is 6.92 Å². The first-order chi connectivity index (χ1) is 14.9. The van der Waals surface area contributed by atoms with Crippen molar-refractivity contribution in [2.45, 2.75) is 37.5 Å². The Labute approximate surface area is 181 Å².